The second-order valence-electron chi connectivity index (χ2n) is 3.52. The Kier molecular flexibility index (Phi) is 2.31. The van der Waals surface area contributed by atoms with Crippen molar-refractivity contribution in [2.75, 3.05) is 6.79 Å². The molecule has 4 heteroatoms. The molecule has 0 aliphatic carbocycles. The van der Waals surface area contributed by atoms with Gasteiger partial charge in [0.15, 0.2) is 11.5 Å². The predicted octanol–water partition coefficient (Wildman–Crippen LogP) is 3.01. The monoisotopic (exact) mass is 258 g/mol. The van der Waals surface area contributed by atoms with Gasteiger partial charge in [0, 0.05) is 5.56 Å². The highest BCUT2D eigenvalue weighted by molar-refractivity contribution is 9.10. The molecule has 0 amide bonds. The molecule has 0 atom stereocenters. The van der Waals surface area contributed by atoms with E-state index >= 15 is 0 Å². The molecule has 0 saturated heterocycles. The molecule has 0 saturated carbocycles. The molecule has 1 heterocycles. The van der Waals surface area contributed by atoms with Crippen LogP contribution in [-0.2, 0) is 0 Å². The minimum atomic E-state index is 0.217. The van der Waals surface area contributed by atoms with Crippen LogP contribution in [0.5, 0.6) is 17.2 Å². The fourth-order valence-corrected chi connectivity index (χ4v) is 1.99. The lowest BCUT2D eigenvalue weighted by Gasteiger charge is -2.11. The lowest BCUT2D eigenvalue weighted by molar-refractivity contribution is 0.173. The Labute approximate surface area is 90.8 Å². The van der Waals surface area contributed by atoms with Gasteiger partial charge in [-0.1, -0.05) is 13.8 Å². The van der Waals surface area contributed by atoms with Crippen molar-refractivity contribution in [1.29, 1.82) is 0 Å². The molecule has 1 aliphatic heterocycles. The smallest absolute Gasteiger partial charge is 0.231 e. The normalized spacial score (nSPS) is 13.7. The highest BCUT2D eigenvalue weighted by Gasteiger charge is 2.23. The summed E-state index contributed by atoms with van der Waals surface area (Å²) in [7, 11) is 0. The molecule has 0 aromatic heterocycles. The quantitative estimate of drug-likeness (QED) is 0.842. The van der Waals surface area contributed by atoms with Crippen LogP contribution in [-0.4, -0.2) is 11.9 Å². The van der Waals surface area contributed by atoms with Crippen LogP contribution >= 0.6 is 15.9 Å². The van der Waals surface area contributed by atoms with Crippen molar-refractivity contribution in [3.63, 3.8) is 0 Å². The summed E-state index contributed by atoms with van der Waals surface area (Å²) in [6.07, 6.45) is 0. The van der Waals surface area contributed by atoms with Crippen LogP contribution in [0.3, 0.4) is 0 Å². The highest BCUT2D eigenvalue weighted by Crippen LogP contribution is 2.47. The van der Waals surface area contributed by atoms with Crippen molar-refractivity contribution in [2.45, 2.75) is 19.8 Å². The Morgan fingerprint density at radius 1 is 1.43 bits per heavy atom. The van der Waals surface area contributed by atoms with Gasteiger partial charge in [-0.05, 0) is 27.9 Å². The third-order valence-corrected chi connectivity index (χ3v) is 2.97. The molecule has 76 valence electrons. The van der Waals surface area contributed by atoms with Gasteiger partial charge in [-0.15, -0.1) is 0 Å². The van der Waals surface area contributed by atoms with E-state index < -0.39 is 0 Å². The number of hydrogen-bond donors (Lipinski definition) is 1. The maximum Gasteiger partial charge on any atom is 0.231 e. The van der Waals surface area contributed by atoms with Crippen LogP contribution in [0, 0.1) is 0 Å². The summed E-state index contributed by atoms with van der Waals surface area (Å²) in [5, 5.41) is 9.85. The zero-order chi connectivity index (χ0) is 10.3. The number of aromatic hydroxyl groups is 1. The van der Waals surface area contributed by atoms with Crippen molar-refractivity contribution in [3.8, 4) is 17.2 Å². The van der Waals surface area contributed by atoms with Gasteiger partial charge in [0.05, 0.1) is 0 Å². The second kappa shape index (κ2) is 3.35. The number of rotatable bonds is 1. The molecule has 0 bridgehead atoms. The van der Waals surface area contributed by atoms with Crippen LogP contribution in [0.15, 0.2) is 10.5 Å². The Morgan fingerprint density at radius 2 is 2.14 bits per heavy atom. The van der Waals surface area contributed by atoms with E-state index in [4.69, 9.17) is 9.47 Å². The van der Waals surface area contributed by atoms with Crippen LogP contribution in [0.4, 0.5) is 0 Å². The van der Waals surface area contributed by atoms with Crippen molar-refractivity contribution >= 4 is 15.9 Å². The first-order chi connectivity index (χ1) is 6.61. The number of halogens is 1. The fourth-order valence-electron chi connectivity index (χ4n) is 1.45. The molecule has 14 heavy (non-hydrogen) atoms. The van der Waals surface area contributed by atoms with Crippen molar-refractivity contribution < 1.29 is 14.6 Å². The Hall–Kier alpha value is -0.900. The third-order valence-electron chi connectivity index (χ3n) is 2.23. The topological polar surface area (TPSA) is 38.7 Å². The number of ether oxygens (including phenoxy) is 2. The molecule has 1 aliphatic rings. The predicted molar refractivity (Wildman–Crippen MR) is 56.0 cm³/mol. The summed E-state index contributed by atoms with van der Waals surface area (Å²) in [5.41, 5.74) is 0.862. The summed E-state index contributed by atoms with van der Waals surface area (Å²) in [5.74, 6) is 1.77. The Morgan fingerprint density at radius 3 is 2.79 bits per heavy atom. The number of benzene rings is 1. The molecule has 1 aromatic carbocycles. The molecular formula is C10H11BrO3. The van der Waals surface area contributed by atoms with E-state index in [0.29, 0.717) is 16.0 Å². The Balaban J connectivity index is 2.61. The minimum Gasteiger partial charge on any atom is -0.506 e. The fraction of sp³-hybridized carbons (Fsp3) is 0.400. The zero-order valence-electron chi connectivity index (χ0n) is 8.00. The summed E-state index contributed by atoms with van der Waals surface area (Å²) in [4.78, 5) is 0. The van der Waals surface area contributed by atoms with E-state index in [1.54, 1.807) is 0 Å². The van der Waals surface area contributed by atoms with Crippen LogP contribution in [0.1, 0.15) is 25.3 Å². The van der Waals surface area contributed by atoms with Crippen LogP contribution in [0.25, 0.3) is 0 Å². The lowest BCUT2D eigenvalue weighted by Crippen LogP contribution is -1.93. The standard InChI is InChI=1S/C10H11BrO3/c1-5(2)6-3-7-10(14-4-13-7)8(11)9(6)12/h3,5,12H,4H2,1-2H3. The van der Waals surface area contributed by atoms with Gasteiger partial charge < -0.3 is 14.6 Å². The molecular weight excluding hydrogens is 248 g/mol. The maximum absolute atomic E-state index is 9.85. The molecule has 0 spiro atoms. The number of fused-ring (bicyclic) bond motifs is 1. The van der Waals surface area contributed by atoms with Gasteiger partial charge in [-0.25, -0.2) is 0 Å². The van der Waals surface area contributed by atoms with Crippen molar-refractivity contribution in [2.24, 2.45) is 0 Å². The van der Waals surface area contributed by atoms with Gasteiger partial charge >= 0.3 is 0 Å². The van der Waals surface area contributed by atoms with Gasteiger partial charge in [0.2, 0.25) is 6.79 Å². The van der Waals surface area contributed by atoms with E-state index in [1.165, 1.54) is 0 Å². The largest absolute Gasteiger partial charge is 0.506 e. The van der Waals surface area contributed by atoms with Gasteiger partial charge in [-0.2, -0.15) is 0 Å². The highest BCUT2D eigenvalue weighted by atomic mass is 79.9. The van der Waals surface area contributed by atoms with Gasteiger partial charge in [-0.3, -0.25) is 0 Å². The first kappa shape index (κ1) is 9.65. The van der Waals surface area contributed by atoms with E-state index in [2.05, 4.69) is 15.9 Å². The molecule has 1 N–H and O–H groups in total. The molecule has 0 fully saturated rings. The zero-order valence-corrected chi connectivity index (χ0v) is 9.59. The first-order valence-corrected chi connectivity index (χ1v) is 5.21. The summed E-state index contributed by atoms with van der Waals surface area (Å²) in [6.45, 7) is 4.25. The minimum absolute atomic E-state index is 0.217. The van der Waals surface area contributed by atoms with E-state index in [0.717, 1.165) is 5.56 Å². The summed E-state index contributed by atoms with van der Waals surface area (Å²) < 4.78 is 11.1. The van der Waals surface area contributed by atoms with Crippen molar-refractivity contribution in [3.05, 3.63) is 16.1 Å². The number of hydrogen-bond acceptors (Lipinski definition) is 3. The van der Waals surface area contributed by atoms with Crippen LogP contribution < -0.4 is 9.47 Å². The Bertz CT molecular complexity index is 374. The first-order valence-electron chi connectivity index (χ1n) is 4.42. The SMILES string of the molecule is CC(C)c1cc2c(c(Br)c1O)OCO2. The average Bonchev–Trinajstić information content (AvgIpc) is 2.58. The molecule has 2 rings (SSSR count). The summed E-state index contributed by atoms with van der Waals surface area (Å²) >= 11 is 3.30. The van der Waals surface area contributed by atoms with Gasteiger partial charge in [0.25, 0.3) is 0 Å². The number of phenolic OH excluding ortho intramolecular Hbond substituents is 1. The third kappa shape index (κ3) is 1.34. The molecule has 3 nitrogen and oxygen atoms in total. The molecule has 0 unspecified atom stereocenters. The maximum atomic E-state index is 9.85. The van der Waals surface area contributed by atoms with Gasteiger partial charge in [0.1, 0.15) is 10.2 Å². The van der Waals surface area contributed by atoms with Crippen LogP contribution in [0.2, 0.25) is 0 Å². The number of phenols is 1. The molecule has 1 aromatic rings. The van der Waals surface area contributed by atoms with E-state index in [-0.39, 0.29) is 18.5 Å². The van der Waals surface area contributed by atoms with E-state index in [9.17, 15) is 5.11 Å². The lowest BCUT2D eigenvalue weighted by atomic mass is 10.0. The molecule has 0 radical (unpaired) electrons. The average molecular weight is 259 g/mol. The summed E-state index contributed by atoms with van der Waals surface area (Å²) in [6, 6.07) is 1.83. The second-order valence-corrected chi connectivity index (χ2v) is 4.31. The van der Waals surface area contributed by atoms with Crippen molar-refractivity contribution in [1.82, 2.24) is 0 Å². The van der Waals surface area contributed by atoms with E-state index in [1.807, 2.05) is 19.9 Å².